The summed E-state index contributed by atoms with van der Waals surface area (Å²) < 4.78 is 5.01. The molecule has 0 aliphatic carbocycles. The predicted octanol–water partition coefficient (Wildman–Crippen LogP) is -1.01. The molecule has 0 saturated carbocycles. The molecule has 0 aromatic carbocycles. The monoisotopic (exact) mass is 148 g/mol. The molecule has 0 aliphatic heterocycles. The number of methoxy groups -OCH3 is 1. The summed E-state index contributed by atoms with van der Waals surface area (Å²) in [6, 6.07) is 0. The molecule has 0 rings (SSSR count). The first kappa shape index (κ1) is 12.8. The van der Waals surface area contributed by atoms with Crippen LogP contribution in [0.5, 0.6) is 0 Å². The number of rotatable bonds is 2. The molecule has 0 spiro atoms. The van der Waals surface area contributed by atoms with Crippen LogP contribution in [0.25, 0.3) is 0 Å². The van der Waals surface area contributed by atoms with Crippen molar-refractivity contribution < 1.29 is 23.6 Å². The van der Waals surface area contributed by atoms with Crippen molar-refractivity contribution in [3.05, 3.63) is 17.7 Å². The van der Waals surface area contributed by atoms with Crippen LogP contribution >= 0.6 is 0 Å². The molecule has 0 saturated heterocycles. The molecule has 0 heterocycles. The van der Waals surface area contributed by atoms with Crippen molar-refractivity contribution >= 4 is 8.07 Å². The Labute approximate surface area is 76.3 Å². The zero-order valence-electron chi connectivity index (χ0n) is 7.49. The fourth-order valence-electron chi connectivity index (χ4n) is 0.582. The van der Waals surface area contributed by atoms with Crippen LogP contribution in [0.1, 0.15) is 0 Å². The third-order valence-electron chi connectivity index (χ3n) is 1.02. The molecule has 0 radical (unpaired) electrons. The van der Waals surface area contributed by atoms with Crippen molar-refractivity contribution in [3.63, 3.8) is 0 Å². The van der Waals surface area contributed by atoms with Crippen molar-refractivity contribution in [2.75, 3.05) is 7.11 Å². The van der Waals surface area contributed by atoms with E-state index in [1.165, 1.54) is 0 Å². The van der Waals surface area contributed by atoms with E-state index >= 15 is 0 Å². The molecular weight excluding hydrogens is 135 g/mol. The van der Waals surface area contributed by atoms with Gasteiger partial charge < -0.3 is 4.74 Å². The smallest absolute Gasteiger partial charge is 0.580 e. The SMILES string of the molecule is [CH-]=C=C(OC)[Si](C)(C)C.[Li+]. The third kappa shape index (κ3) is 4.03. The third-order valence-corrected chi connectivity index (χ3v) is 2.73. The summed E-state index contributed by atoms with van der Waals surface area (Å²) in [7, 11) is 0.304. The summed E-state index contributed by atoms with van der Waals surface area (Å²) >= 11 is 0. The van der Waals surface area contributed by atoms with Crippen molar-refractivity contribution in [2.45, 2.75) is 19.6 Å². The van der Waals surface area contributed by atoms with Crippen LogP contribution < -0.4 is 18.9 Å². The Bertz CT molecular complexity index is 142. The summed E-state index contributed by atoms with van der Waals surface area (Å²) in [5.74, 6) is 0. The minimum absolute atomic E-state index is 0. The van der Waals surface area contributed by atoms with Gasteiger partial charge in [0.1, 0.15) is 0 Å². The summed E-state index contributed by atoms with van der Waals surface area (Å²) in [5, 5.41) is 0.836. The summed E-state index contributed by atoms with van der Waals surface area (Å²) in [4.78, 5) is 0. The van der Waals surface area contributed by atoms with E-state index < -0.39 is 8.07 Å². The first-order chi connectivity index (χ1) is 4.02. The molecule has 0 aromatic rings. The van der Waals surface area contributed by atoms with Crippen molar-refractivity contribution in [2.24, 2.45) is 0 Å². The van der Waals surface area contributed by atoms with Gasteiger partial charge in [-0.3, -0.25) is 5.73 Å². The van der Waals surface area contributed by atoms with Crippen molar-refractivity contribution in [1.82, 2.24) is 0 Å². The summed E-state index contributed by atoms with van der Waals surface area (Å²) in [6.07, 6.45) is 0. The fraction of sp³-hybridized carbons (Fsp3) is 0.571. The molecule has 0 N–H and O–H groups in total. The Balaban J connectivity index is 0. The molecule has 0 fully saturated rings. The first-order valence-corrected chi connectivity index (χ1v) is 6.40. The van der Waals surface area contributed by atoms with E-state index in [1.54, 1.807) is 7.11 Å². The Morgan fingerprint density at radius 1 is 1.40 bits per heavy atom. The quantitative estimate of drug-likeness (QED) is 0.211. The van der Waals surface area contributed by atoms with E-state index in [9.17, 15) is 0 Å². The second kappa shape index (κ2) is 4.88. The Hall–Kier alpha value is 0.134. The largest absolute Gasteiger partial charge is 1.00 e. The molecule has 0 amide bonds. The van der Waals surface area contributed by atoms with Gasteiger partial charge in [-0.05, 0) is 5.38 Å². The molecule has 10 heavy (non-hydrogen) atoms. The Kier molecular flexibility index (Phi) is 6.23. The van der Waals surface area contributed by atoms with E-state index in [0.29, 0.717) is 0 Å². The Morgan fingerprint density at radius 3 is 1.80 bits per heavy atom. The predicted molar refractivity (Wildman–Crippen MR) is 41.7 cm³/mol. The topological polar surface area (TPSA) is 9.23 Å². The van der Waals surface area contributed by atoms with E-state index in [0.717, 1.165) is 5.38 Å². The van der Waals surface area contributed by atoms with Crippen LogP contribution in [0.3, 0.4) is 0 Å². The second-order valence-corrected chi connectivity index (χ2v) is 7.88. The average Bonchev–Trinajstić information content (AvgIpc) is 1.65. The zero-order valence-corrected chi connectivity index (χ0v) is 8.49. The van der Waals surface area contributed by atoms with E-state index in [2.05, 4.69) is 25.4 Å². The van der Waals surface area contributed by atoms with Gasteiger partial charge in [-0.2, -0.15) is 0 Å². The molecule has 0 atom stereocenters. The average molecular weight is 148 g/mol. The number of hydrogen-bond donors (Lipinski definition) is 0. The Morgan fingerprint density at radius 2 is 1.80 bits per heavy atom. The first-order valence-electron chi connectivity index (χ1n) is 2.90. The van der Waals surface area contributed by atoms with E-state index in [4.69, 9.17) is 11.3 Å². The van der Waals surface area contributed by atoms with E-state index in [-0.39, 0.29) is 18.9 Å². The maximum atomic E-state index is 5.19. The van der Waals surface area contributed by atoms with Gasteiger partial charge in [0.15, 0.2) is 0 Å². The van der Waals surface area contributed by atoms with Crippen LogP contribution in [-0.2, 0) is 4.74 Å². The van der Waals surface area contributed by atoms with Gasteiger partial charge in [0.25, 0.3) is 0 Å². The minimum Gasteiger partial charge on any atom is -0.580 e. The molecule has 0 aliphatic rings. The van der Waals surface area contributed by atoms with Gasteiger partial charge in [0.05, 0.1) is 7.11 Å². The maximum absolute atomic E-state index is 5.19. The molecule has 1 nitrogen and oxygen atoms in total. The minimum atomic E-state index is -1.33. The van der Waals surface area contributed by atoms with E-state index in [1.807, 2.05) is 0 Å². The summed E-state index contributed by atoms with van der Waals surface area (Å²) in [5.41, 5.74) is 2.55. The number of hydrogen-bond acceptors (Lipinski definition) is 1. The van der Waals surface area contributed by atoms with Crippen LogP contribution in [0, 0.1) is 6.58 Å². The molecule has 0 unspecified atom stereocenters. The van der Waals surface area contributed by atoms with Crippen molar-refractivity contribution in [1.29, 1.82) is 0 Å². The second-order valence-electron chi connectivity index (χ2n) is 2.93. The van der Waals surface area contributed by atoms with Gasteiger partial charge in [-0.15, -0.1) is 0 Å². The van der Waals surface area contributed by atoms with Gasteiger partial charge in [0, 0.05) is 8.07 Å². The fourth-order valence-corrected chi connectivity index (χ4v) is 1.63. The molecule has 52 valence electrons. The van der Waals surface area contributed by atoms with Crippen LogP contribution in [0.2, 0.25) is 19.6 Å². The molecule has 0 aromatic heterocycles. The maximum Gasteiger partial charge on any atom is 1.00 e. The number of ether oxygens (including phenoxy) is 1. The molecule has 0 bridgehead atoms. The molecule has 3 heteroatoms. The van der Waals surface area contributed by atoms with Gasteiger partial charge in [-0.1, -0.05) is 19.6 Å². The molecular formula is C7H13LiOSi. The van der Waals surface area contributed by atoms with Gasteiger partial charge in [-0.25, -0.2) is 6.58 Å². The zero-order chi connectivity index (χ0) is 7.49. The van der Waals surface area contributed by atoms with Crippen LogP contribution in [-0.4, -0.2) is 15.2 Å². The van der Waals surface area contributed by atoms with Crippen LogP contribution in [0.4, 0.5) is 0 Å². The van der Waals surface area contributed by atoms with Gasteiger partial charge >= 0.3 is 18.9 Å². The van der Waals surface area contributed by atoms with Gasteiger partial charge in [0.2, 0.25) is 0 Å². The van der Waals surface area contributed by atoms with Crippen LogP contribution in [0.15, 0.2) is 11.1 Å². The van der Waals surface area contributed by atoms with Crippen molar-refractivity contribution in [3.8, 4) is 0 Å². The standard InChI is InChI=1S/C7H13OSi.Li/c1-6-7(8-2)9(3,4)5;/h1H,2-5H3;/q-1;+1. The summed E-state index contributed by atoms with van der Waals surface area (Å²) in [6.45, 7) is 11.7. The normalized spacial score (nSPS) is 9.20.